The molecular weight excluding hydrogens is 402 g/mol. The van der Waals surface area contributed by atoms with Gasteiger partial charge in [0, 0.05) is 48.5 Å². The van der Waals surface area contributed by atoms with Gasteiger partial charge in [-0.15, -0.1) is 0 Å². The monoisotopic (exact) mass is 425 g/mol. The Labute approximate surface area is 186 Å². The highest BCUT2D eigenvalue weighted by Gasteiger charge is 2.25. The van der Waals surface area contributed by atoms with Crippen LogP contribution in [0, 0.1) is 6.92 Å². The first-order valence-corrected chi connectivity index (χ1v) is 10.6. The van der Waals surface area contributed by atoms with Gasteiger partial charge in [-0.2, -0.15) is 5.10 Å². The average Bonchev–Trinajstić information content (AvgIpc) is 3.51. The van der Waals surface area contributed by atoms with Crippen molar-refractivity contribution >= 4 is 5.78 Å². The van der Waals surface area contributed by atoms with Crippen molar-refractivity contribution in [2.24, 2.45) is 7.05 Å². The van der Waals surface area contributed by atoms with Gasteiger partial charge in [0.25, 0.3) is 0 Å². The summed E-state index contributed by atoms with van der Waals surface area (Å²) in [5.74, 6) is 0.776. The topological polar surface area (TPSA) is 82.8 Å². The predicted octanol–water partition coefficient (Wildman–Crippen LogP) is 4.21. The van der Waals surface area contributed by atoms with E-state index in [-0.39, 0.29) is 18.3 Å². The van der Waals surface area contributed by atoms with Crippen LogP contribution in [0.3, 0.4) is 0 Å². The van der Waals surface area contributed by atoms with E-state index >= 15 is 0 Å². The lowest BCUT2D eigenvalue weighted by Gasteiger charge is -2.12. The van der Waals surface area contributed by atoms with Gasteiger partial charge < -0.3 is 4.74 Å². The van der Waals surface area contributed by atoms with Crippen LogP contribution in [0.5, 0.6) is 5.75 Å². The Hall–Kier alpha value is -3.87. The number of benzene rings is 1. The van der Waals surface area contributed by atoms with Crippen molar-refractivity contribution in [2.75, 3.05) is 0 Å². The van der Waals surface area contributed by atoms with Gasteiger partial charge in [0.2, 0.25) is 0 Å². The summed E-state index contributed by atoms with van der Waals surface area (Å²) in [6, 6.07) is 7.91. The Balaban J connectivity index is 1.43. The number of carbonyl (C=O) groups excluding carboxylic acids is 1. The third-order valence-electron chi connectivity index (χ3n) is 5.50. The zero-order chi connectivity index (χ0) is 22.1. The maximum absolute atomic E-state index is 12.6. The lowest BCUT2D eigenvalue weighted by molar-refractivity contribution is 0.0991. The second-order valence-corrected chi connectivity index (χ2v) is 8.11. The van der Waals surface area contributed by atoms with E-state index in [2.05, 4.69) is 26.1 Å². The number of ether oxygens (including phenoxy) is 1. The number of ketones is 1. The molecule has 32 heavy (non-hydrogen) atoms. The van der Waals surface area contributed by atoms with Crippen LogP contribution >= 0.6 is 0 Å². The summed E-state index contributed by atoms with van der Waals surface area (Å²) in [4.78, 5) is 25.8. The number of pyridine rings is 1. The number of hydrogen-bond acceptors (Lipinski definition) is 6. The molecule has 0 atom stereocenters. The number of Topliss-reactive ketones (excluding diaryl/α,β-unsaturated/α-hetero) is 1. The van der Waals surface area contributed by atoms with Crippen molar-refractivity contribution in [3.63, 3.8) is 0 Å². The normalized spacial score (nSPS) is 13.2. The molecule has 4 aromatic rings. The van der Waals surface area contributed by atoms with Crippen LogP contribution in [0.15, 0.2) is 61.4 Å². The minimum Gasteiger partial charge on any atom is -0.490 e. The molecule has 1 aliphatic rings. The van der Waals surface area contributed by atoms with E-state index in [1.54, 1.807) is 29.5 Å². The van der Waals surface area contributed by atoms with Gasteiger partial charge in [-0.25, -0.2) is 0 Å². The highest BCUT2D eigenvalue weighted by atomic mass is 16.5. The summed E-state index contributed by atoms with van der Waals surface area (Å²) in [5.41, 5.74) is 5.78. The summed E-state index contributed by atoms with van der Waals surface area (Å²) < 4.78 is 7.90. The molecule has 5 rings (SSSR count). The minimum absolute atomic E-state index is 0.0195. The molecular formula is C25H23N5O2. The van der Waals surface area contributed by atoms with E-state index < -0.39 is 0 Å². The van der Waals surface area contributed by atoms with E-state index in [1.807, 2.05) is 44.6 Å². The van der Waals surface area contributed by atoms with E-state index in [0.29, 0.717) is 17.0 Å². The molecule has 0 N–H and O–H groups in total. The molecule has 1 aliphatic carbocycles. The van der Waals surface area contributed by atoms with E-state index in [1.165, 1.54) is 0 Å². The first kappa shape index (κ1) is 20.1. The first-order chi connectivity index (χ1) is 15.6. The van der Waals surface area contributed by atoms with E-state index in [9.17, 15) is 4.79 Å². The number of rotatable bonds is 7. The number of hydrogen-bond donors (Lipinski definition) is 0. The average molecular weight is 425 g/mol. The summed E-state index contributed by atoms with van der Waals surface area (Å²) in [6.45, 7) is 1.90. The smallest absolute Gasteiger partial charge is 0.170 e. The fourth-order valence-electron chi connectivity index (χ4n) is 3.55. The van der Waals surface area contributed by atoms with Gasteiger partial charge in [-0.05, 0) is 49.1 Å². The third kappa shape index (κ3) is 4.27. The maximum Gasteiger partial charge on any atom is 0.170 e. The standard InChI is InChI=1S/C25H23N5O2/c1-16-7-8-26-13-22(16)24(31)10-19-12-28-23(14-27-19)21-9-17(18-11-29-30(2)15-18)3-6-25(21)32-20-4-5-20/h3,6-9,11-15,20H,4-5,10H2,1-2H3. The summed E-state index contributed by atoms with van der Waals surface area (Å²) in [5, 5.41) is 4.27. The minimum atomic E-state index is -0.0195. The molecule has 0 aliphatic heterocycles. The molecule has 0 bridgehead atoms. The van der Waals surface area contributed by atoms with Gasteiger partial charge in [0.15, 0.2) is 5.78 Å². The largest absolute Gasteiger partial charge is 0.490 e. The first-order valence-electron chi connectivity index (χ1n) is 10.6. The van der Waals surface area contributed by atoms with Crippen LogP contribution in [0.2, 0.25) is 0 Å². The molecule has 3 aromatic heterocycles. The summed E-state index contributed by atoms with van der Waals surface area (Å²) >= 11 is 0. The quantitative estimate of drug-likeness (QED) is 0.413. The van der Waals surface area contributed by atoms with Crippen molar-refractivity contribution in [2.45, 2.75) is 32.3 Å². The van der Waals surface area contributed by atoms with Crippen molar-refractivity contribution in [1.82, 2.24) is 24.7 Å². The number of aromatic nitrogens is 5. The zero-order valence-electron chi connectivity index (χ0n) is 18.0. The van der Waals surface area contributed by atoms with Crippen molar-refractivity contribution in [1.29, 1.82) is 0 Å². The fraction of sp³-hybridized carbons (Fsp3) is 0.240. The molecule has 0 amide bonds. The summed E-state index contributed by atoms with van der Waals surface area (Å²) in [6.07, 6.45) is 13.1. The second-order valence-electron chi connectivity index (χ2n) is 8.11. The lowest BCUT2D eigenvalue weighted by atomic mass is 10.0. The Bertz CT molecular complexity index is 1280. The molecule has 1 saturated carbocycles. The molecule has 3 heterocycles. The van der Waals surface area contributed by atoms with Crippen molar-refractivity contribution < 1.29 is 9.53 Å². The van der Waals surface area contributed by atoms with Crippen LogP contribution in [0.25, 0.3) is 22.4 Å². The highest BCUT2D eigenvalue weighted by molar-refractivity contribution is 5.98. The molecule has 7 heteroatoms. The molecule has 0 unspecified atom stereocenters. The molecule has 0 spiro atoms. The van der Waals surface area contributed by atoms with Crippen LogP contribution in [0.4, 0.5) is 0 Å². The third-order valence-corrected chi connectivity index (χ3v) is 5.50. The SMILES string of the molecule is Cc1ccncc1C(=O)Cc1cnc(-c2cc(-c3cnn(C)c3)ccc2OC2CC2)cn1. The van der Waals surface area contributed by atoms with Crippen molar-refractivity contribution in [3.05, 3.63) is 78.3 Å². The lowest BCUT2D eigenvalue weighted by Crippen LogP contribution is -2.08. The van der Waals surface area contributed by atoms with Gasteiger partial charge in [-0.3, -0.25) is 24.4 Å². The van der Waals surface area contributed by atoms with Crippen LogP contribution in [-0.4, -0.2) is 36.6 Å². The van der Waals surface area contributed by atoms with Crippen molar-refractivity contribution in [3.8, 4) is 28.1 Å². The zero-order valence-corrected chi connectivity index (χ0v) is 18.0. The number of nitrogens with zero attached hydrogens (tertiary/aromatic N) is 5. The van der Waals surface area contributed by atoms with Gasteiger partial charge in [-0.1, -0.05) is 6.07 Å². The predicted molar refractivity (Wildman–Crippen MR) is 120 cm³/mol. The van der Waals surface area contributed by atoms with E-state index in [4.69, 9.17) is 4.74 Å². The molecule has 0 radical (unpaired) electrons. The second kappa shape index (κ2) is 8.34. The number of aryl methyl sites for hydroxylation is 2. The van der Waals surface area contributed by atoms with Gasteiger partial charge in [0.1, 0.15) is 5.75 Å². The molecule has 0 saturated heterocycles. The van der Waals surface area contributed by atoms with Gasteiger partial charge in [0.05, 0.1) is 36.3 Å². The Morgan fingerprint density at radius 1 is 1.09 bits per heavy atom. The van der Waals surface area contributed by atoms with Crippen LogP contribution < -0.4 is 4.74 Å². The maximum atomic E-state index is 12.6. The fourth-order valence-corrected chi connectivity index (χ4v) is 3.55. The van der Waals surface area contributed by atoms with Crippen LogP contribution in [-0.2, 0) is 13.5 Å². The molecule has 7 nitrogen and oxygen atoms in total. The Morgan fingerprint density at radius 2 is 1.97 bits per heavy atom. The highest BCUT2D eigenvalue weighted by Crippen LogP contribution is 2.36. The molecule has 160 valence electrons. The molecule has 1 aromatic carbocycles. The Morgan fingerprint density at radius 3 is 2.66 bits per heavy atom. The van der Waals surface area contributed by atoms with Gasteiger partial charge >= 0.3 is 0 Å². The molecule has 1 fully saturated rings. The van der Waals surface area contributed by atoms with Crippen LogP contribution in [0.1, 0.15) is 34.5 Å². The summed E-state index contributed by atoms with van der Waals surface area (Å²) in [7, 11) is 1.90. The number of carbonyl (C=O) groups is 1. The van der Waals surface area contributed by atoms with E-state index in [0.717, 1.165) is 40.8 Å². The Kier molecular flexibility index (Phi) is 5.23.